The highest BCUT2D eigenvalue weighted by Gasteiger charge is 2.29. The van der Waals surface area contributed by atoms with E-state index in [1.165, 1.54) is 5.01 Å². The molecule has 25 heavy (non-hydrogen) atoms. The second kappa shape index (κ2) is 8.39. The molecule has 136 valence electrons. The molecule has 1 aromatic carbocycles. The Kier molecular flexibility index (Phi) is 6.24. The van der Waals surface area contributed by atoms with E-state index in [2.05, 4.69) is 16.3 Å². The number of hydrazine groups is 2. The van der Waals surface area contributed by atoms with Crippen LogP contribution in [-0.2, 0) is 16.1 Å². The van der Waals surface area contributed by atoms with E-state index in [0.29, 0.717) is 5.70 Å². The van der Waals surface area contributed by atoms with Gasteiger partial charge in [-0.25, -0.2) is 9.59 Å². The monoisotopic (exact) mass is 348 g/mol. The summed E-state index contributed by atoms with van der Waals surface area (Å²) < 4.78 is 5.25. The first-order valence-corrected chi connectivity index (χ1v) is 8.10. The van der Waals surface area contributed by atoms with Gasteiger partial charge in [0.1, 0.15) is 12.6 Å². The number of carbonyl (C=O) groups excluding carboxylic acids is 1. The van der Waals surface area contributed by atoms with Crippen LogP contribution < -0.4 is 16.3 Å². The smallest absolute Gasteiger partial charge is 0.408 e. The van der Waals surface area contributed by atoms with E-state index in [9.17, 15) is 9.59 Å². The van der Waals surface area contributed by atoms with Gasteiger partial charge in [0, 0.05) is 6.20 Å². The van der Waals surface area contributed by atoms with Crippen molar-refractivity contribution in [1.82, 2.24) is 21.3 Å². The highest BCUT2D eigenvalue weighted by molar-refractivity contribution is 5.73. The Bertz CT molecular complexity index is 633. The molecular weight excluding hydrogens is 324 g/mol. The number of nitrogens with one attached hydrogen (secondary N) is 3. The highest BCUT2D eigenvalue weighted by Crippen LogP contribution is 2.15. The summed E-state index contributed by atoms with van der Waals surface area (Å²) in [6.45, 7) is 5.65. The first kappa shape index (κ1) is 18.6. The van der Waals surface area contributed by atoms with Crippen LogP contribution in [0.3, 0.4) is 0 Å². The molecule has 1 aliphatic rings. The van der Waals surface area contributed by atoms with Gasteiger partial charge >= 0.3 is 12.1 Å². The summed E-state index contributed by atoms with van der Waals surface area (Å²) in [5, 5.41) is 13.3. The topological polar surface area (TPSA) is 103 Å². The van der Waals surface area contributed by atoms with E-state index in [1.54, 1.807) is 13.1 Å². The average molecular weight is 348 g/mol. The maximum Gasteiger partial charge on any atom is 0.408 e. The zero-order valence-electron chi connectivity index (χ0n) is 14.5. The lowest BCUT2D eigenvalue weighted by Gasteiger charge is -2.22. The molecule has 0 saturated carbocycles. The van der Waals surface area contributed by atoms with Crippen LogP contribution in [0.4, 0.5) is 4.79 Å². The molecule has 0 bridgehead atoms. The van der Waals surface area contributed by atoms with Crippen LogP contribution >= 0.6 is 0 Å². The van der Waals surface area contributed by atoms with Gasteiger partial charge in [-0.05, 0) is 18.4 Å². The zero-order chi connectivity index (χ0) is 18.4. The number of nitrogens with zero attached hydrogens (tertiary/aromatic N) is 1. The molecule has 0 saturated heterocycles. The summed E-state index contributed by atoms with van der Waals surface area (Å²) in [6, 6.07) is 8.32. The molecule has 0 radical (unpaired) electrons. The van der Waals surface area contributed by atoms with Crippen molar-refractivity contribution in [3.05, 3.63) is 47.8 Å². The minimum Gasteiger partial charge on any atom is -0.480 e. The number of benzene rings is 1. The van der Waals surface area contributed by atoms with Crippen molar-refractivity contribution in [3.8, 4) is 0 Å². The molecule has 1 amide bonds. The largest absolute Gasteiger partial charge is 0.480 e. The number of aliphatic carboxylic acids is 1. The number of amides is 1. The lowest BCUT2D eigenvalue weighted by atomic mass is 10.0. The molecule has 1 unspecified atom stereocenters. The fourth-order valence-electron chi connectivity index (χ4n) is 2.32. The van der Waals surface area contributed by atoms with E-state index >= 15 is 0 Å². The quantitative estimate of drug-likeness (QED) is 0.593. The molecule has 2 rings (SSSR count). The molecular formula is C17H24N4O4. The predicted octanol–water partition coefficient (Wildman–Crippen LogP) is 1.58. The number of rotatable bonds is 7. The molecule has 0 aromatic heterocycles. The Hall–Kier alpha value is -2.74. The van der Waals surface area contributed by atoms with Gasteiger partial charge in [0.15, 0.2) is 0 Å². The zero-order valence-corrected chi connectivity index (χ0v) is 14.5. The van der Waals surface area contributed by atoms with Gasteiger partial charge in [-0.2, -0.15) is 0 Å². The Morgan fingerprint density at radius 1 is 1.24 bits per heavy atom. The van der Waals surface area contributed by atoms with Crippen molar-refractivity contribution >= 4 is 12.1 Å². The van der Waals surface area contributed by atoms with Crippen LogP contribution in [0.5, 0.6) is 0 Å². The summed E-state index contributed by atoms with van der Waals surface area (Å²) in [5.74, 6) is -0.881. The van der Waals surface area contributed by atoms with Crippen molar-refractivity contribution < 1.29 is 19.4 Å². The normalized spacial score (nSPS) is 16.0. The second-order valence-corrected chi connectivity index (χ2v) is 6.17. The van der Waals surface area contributed by atoms with Gasteiger partial charge < -0.3 is 20.6 Å². The molecule has 1 aliphatic heterocycles. The minimum absolute atomic E-state index is 0.0740. The maximum absolute atomic E-state index is 12.1. The van der Waals surface area contributed by atoms with Crippen molar-refractivity contribution in [3.63, 3.8) is 0 Å². The number of hydrogen-bond donors (Lipinski definition) is 4. The van der Waals surface area contributed by atoms with Crippen LogP contribution in [-0.4, -0.2) is 34.3 Å². The summed E-state index contributed by atoms with van der Waals surface area (Å²) in [5.41, 5.74) is 7.25. The molecule has 0 spiro atoms. The number of hydrogen-bond acceptors (Lipinski definition) is 6. The van der Waals surface area contributed by atoms with Crippen LogP contribution in [0, 0.1) is 5.92 Å². The molecule has 8 nitrogen and oxygen atoms in total. The van der Waals surface area contributed by atoms with E-state index in [4.69, 9.17) is 9.84 Å². The molecule has 4 N–H and O–H groups in total. The fourth-order valence-corrected chi connectivity index (χ4v) is 2.32. The molecule has 1 aromatic rings. The van der Waals surface area contributed by atoms with Crippen LogP contribution in [0.2, 0.25) is 0 Å². The van der Waals surface area contributed by atoms with Gasteiger partial charge in [-0.3, -0.25) is 5.01 Å². The Morgan fingerprint density at radius 3 is 2.52 bits per heavy atom. The van der Waals surface area contributed by atoms with E-state index in [1.807, 2.05) is 44.2 Å². The van der Waals surface area contributed by atoms with E-state index in [0.717, 1.165) is 5.56 Å². The number of carboxylic acid groups (broad SMARTS) is 1. The fraction of sp³-hybridized carbons (Fsp3) is 0.412. The van der Waals surface area contributed by atoms with Crippen molar-refractivity contribution in [2.24, 2.45) is 5.92 Å². The van der Waals surface area contributed by atoms with Gasteiger partial charge in [0.25, 0.3) is 0 Å². The lowest BCUT2D eigenvalue weighted by molar-refractivity contribution is -0.142. The molecule has 2 atom stereocenters. The van der Waals surface area contributed by atoms with Crippen LogP contribution in [0.25, 0.3) is 0 Å². The SMILES string of the molecule is CC(C)C(NC(=O)OCc1ccccc1)C1=CN([C@@H](C)C(=O)O)NN1. The number of carbonyl (C=O) groups is 2. The van der Waals surface area contributed by atoms with Crippen molar-refractivity contribution in [1.29, 1.82) is 0 Å². The molecule has 1 heterocycles. The summed E-state index contributed by atoms with van der Waals surface area (Å²) in [7, 11) is 0. The Labute approximate surface area is 146 Å². The highest BCUT2D eigenvalue weighted by atomic mass is 16.5. The summed E-state index contributed by atoms with van der Waals surface area (Å²) in [6.07, 6.45) is 1.11. The lowest BCUT2D eigenvalue weighted by Crippen LogP contribution is -2.47. The third-order valence-corrected chi connectivity index (χ3v) is 3.87. The summed E-state index contributed by atoms with van der Waals surface area (Å²) >= 11 is 0. The first-order chi connectivity index (χ1) is 11.9. The summed E-state index contributed by atoms with van der Waals surface area (Å²) in [4.78, 5) is 23.2. The van der Waals surface area contributed by atoms with Gasteiger partial charge in [-0.1, -0.05) is 44.2 Å². The number of alkyl carbamates (subject to hydrolysis) is 1. The average Bonchev–Trinajstić information content (AvgIpc) is 3.07. The minimum atomic E-state index is -0.955. The Balaban J connectivity index is 1.95. The van der Waals surface area contributed by atoms with Crippen molar-refractivity contribution in [2.45, 2.75) is 39.5 Å². The number of ether oxygens (including phenoxy) is 1. The van der Waals surface area contributed by atoms with E-state index in [-0.39, 0.29) is 18.6 Å². The Morgan fingerprint density at radius 2 is 1.92 bits per heavy atom. The second-order valence-electron chi connectivity index (χ2n) is 6.17. The standard InChI is InChI=1S/C17H24N4O4/c1-11(2)15(14-9-21(20-19-14)12(3)16(22)23)18-17(24)25-10-13-7-5-4-6-8-13/h4-9,11-12,15,19-20H,10H2,1-3H3,(H,18,24)(H,22,23)/t12-,15?/m0/s1. The molecule has 0 aliphatic carbocycles. The third-order valence-electron chi connectivity index (χ3n) is 3.87. The predicted molar refractivity (Wildman–Crippen MR) is 91.7 cm³/mol. The number of carboxylic acids is 1. The van der Waals surface area contributed by atoms with Crippen LogP contribution in [0.15, 0.2) is 42.2 Å². The van der Waals surface area contributed by atoms with Gasteiger partial charge in [-0.15, -0.1) is 5.53 Å². The maximum atomic E-state index is 12.1. The third kappa shape index (κ3) is 5.12. The van der Waals surface area contributed by atoms with Gasteiger partial charge in [0.2, 0.25) is 0 Å². The van der Waals surface area contributed by atoms with Crippen LogP contribution in [0.1, 0.15) is 26.3 Å². The van der Waals surface area contributed by atoms with Crippen molar-refractivity contribution in [2.75, 3.05) is 0 Å². The first-order valence-electron chi connectivity index (χ1n) is 8.10. The molecule has 0 fully saturated rings. The molecule has 8 heteroatoms. The van der Waals surface area contributed by atoms with E-state index < -0.39 is 18.1 Å². The van der Waals surface area contributed by atoms with Gasteiger partial charge in [0.05, 0.1) is 11.7 Å².